The number of piperidine rings is 1. The number of benzene rings is 2. The van der Waals surface area contributed by atoms with Gasteiger partial charge in [0.25, 0.3) is 11.8 Å². The highest BCUT2D eigenvalue weighted by Crippen LogP contribution is 2.41. The molecule has 2 atom stereocenters. The molecule has 2 fully saturated rings. The Morgan fingerprint density at radius 1 is 1.02 bits per heavy atom. The average molecular weight is 921 g/mol. The van der Waals surface area contributed by atoms with Crippen LogP contribution in [-0.2, 0) is 28.7 Å². The number of hydrogen-bond donors (Lipinski definition) is 3. The number of aromatic nitrogens is 2. The predicted molar refractivity (Wildman–Crippen MR) is 232 cm³/mol. The van der Waals surface area contributed by atoms with Crippen LogP contribution in [0, 0.1) is 5.82 Å². The number of amides is 6. The molecule has 6 amide bonds. The van der Waals surface area contributed by atoms with E-state index in [-0.39, 0.29) is 128 Å². The molecule has 4 heterocycles. The number of allylic oxidation sites excluding steroid dienone is 2. The minimum atomic E-state index is -1.33. The largest absolute Gasteiger partial charge is 0.491 e. The van der Waals surface area contributed by atoms with Crippen molar-refractivity contribution in [2.24, 2.45) is 0 Å². The number of hydrogen-bond acceptors (Lipinski definition) is 14. The normalized spacial score (nSPS) is 18.6. The molecule has 2 saturated heterocycles. The Balaban J connectivity index is 0.859. The van der Waals surface area contributed by atoms with Crippen molar-refractivity contribution >= 4 is 75.3 Å². The first-order valence-electron chi connectivity index (χ1n) is 21.0. The number of halogens is 3. The molecule has 65 heavy (non-hydrogen) atoms. The Kier molecular flexibility index (Phi) is 14.8. The van der Waals surface area contributed by atoms with Crippen molar-refractivity contribution in [3.63, 3.8) is 0 Å². The van der Waals surface area contributed by atoms with E-state index in [0.29, 0.717) is 37.7 Å². The van der Waals surface area contributed by atoms with E-state index in [0.717, 1.165) is 11.0 Å². The highest BCUT2D eigenvalue weighted by Gasteiger charge is 2.44. The van der Waals surface area contributed by atoms with Gasteiger partial charge in [0.15, 0.2) is 5.82 Å². The lowest BCUT2D eigenvalue weighted by atomic mass is 9.92. The summed E-state index contributed by atoms with van der Waals surface area (Å²) in [6.07, 6.45) is 2.68. The fourth-order valence-electron chi connectivity index (χ4n) is 7.85. The van der Waals surface area contributed by atoms with E-state index in [2.05, 4.69) is 27.2 Å². The average Bonchev–Trinajstić information content (AvgIpc) is 3.53. The molecule has 0 saturated carbocycles. The summed E-state index contributed by atoms with van der Waals surface area (Å²) in [5.41, 5.74) is -0.503. The van der Waals surface area contributed by atoms with Crippen molar-refractivity contribution in [1.82, 2.24) is 30.0 Å². The molecule has 3 aliphatic heterocycles. The van der Waals surface area contributed by atoms with Gasteiger partial charge in [-0.3, -0.25) is 39.0 Å². The van der Waals surface area contributed by atoms with E-state index < -0.39 is 47.4 Å². The second-order valence-corrected chi connectivity index (χ2v) is 15.9. The van der Waals surface area contributed by atoms with Crippen LogP contribution in [0.2, 0.25) is 5.02 Å². The lowest BCUT2D eigenvalue weighted by molar-refractivity contribution is -0.136. The van der Waals surface area contributed by atoms with Crippen LogP contribution in [0.25, 0.3) is 16.5 Å². The van der Waals surface area contributed by atoms with Gasteiger partial charge < -0.3 is 39.3 Å². The van der Waals surface area contributed by atoms with Gasteiger partial charge in [-0.25, -0.2) is 13.8 Å². The van der Waals surface area contributed by atoms with Crippen LogP contribution in [0.1, 0.15) is 52.0 Å². The number of ether oxygens (including phenoxy) is 3. The zero-order chi connectivity index (χ0) is 46.4. The topological polar surface area (TPSA) is 213 Å². The van der Waals surface area contributed by atoms with Gasteiger partial charge in [-0.1, -0.05) is 24.3 Å². The maximum absolute atomic E-state index is 16.5. The van der Waals surface area contributed by atoms with Gasteiger partial charge in [0.2, 0.25) is 29.6 Å². The van der Waals surface area contributed by atoms with Crippen molar-refractivity contribution < 1.29 is 56.9 Å². The summed E-state index contributed by atoms with van der Waals surface area (Å²) in [6.45, 7) is 6.32. The molecule has 2 aromatic carbocycles. The molecule has 4 aliphatic rings. The fraction of sp³-hybridized carbons (Fsp3) is 0.409. The molecule has 3 aromatic rings. The molecule has 0 spiro atoms. The van der Waals surface area contributed by atoms with Gasteiger partial charge in [0, 0.05) is 75.7 Å². The number of aliphatic hydroxyl groups excluding tert-OH is 1. The summed E-state index contributed by atoms with van der Waals surface area (Å²) in [6, 6.07) is 4.82. The summed E-state index contributed by atoms with van der Waals surface area (Å²) >= 11 is 6.58. The Labute approximate surface area is 376 Å². The molecular formula is C44H47ClF2N8O10. The molecular weight excluding hydrogens is 874 g/mol. The second-order valence-electron chi connectivity index (χ2n) is 15.5. The summed E-state index contributed by atoms with van der Waals surface area (Å²) in [5, 5.41) is 15.9. The molecule has 0 bridgehead atoms. The lowest BCUT2D eigenvalue weighted by Crippen LogP contribution is -2.54. The zero-order valence-electron chi connectivity index (χ0n) is 35.4. The monoisotopic (exact) mass is 920 g/mol. The van der Waals surface area contributed by atoms with Crippen LogP contribution in [0.3, 0.4) is 0 Å². The van der Waals surface area contributed by atoms with E-state index in [1.54, 1.807) is 18.0 Å². The molecule has 18 nitrogen and oxygen atoms in total. The van der Waals surface area contributed by atoms with E-state index in [4.69, 9.17) is 25.8 Å². The van der Waals surface area contributed by atoms with Crippen LogP contribution in [0.5, 0.6) is 5.75 Å². The molecule has 344 valence electrons. The third-order valence-corrected chi connectivity index (χ3v) is 11.6. The summed E-state index contributed by atoms with van der Waals surface area (Å²) in [4.78, 5) is 89.9. The number of fused-ring (bicyclic) bond motifs is 2. The van der Waals surface area contributed by atoms with E-state index in [1.165, 1.54) is 35.3 Å². The number of piperazine rings is 1. The van der Waals surface area contributed by atoms with E-state index >= 15 is 4.39 Å². The third kappa shape index (κ3) is 10.3. The van der Waals surface area contributed by atoms with Crippen molar-refractivity contribution in [3.05, 3.63) is 82.4 Å². The summed E-state index contributed by atoms with van der Waals surface area (Å²) < 4.78 is 48.3. The Hall–Kier alpha value is -6.35. The Bertz CT molecular complexity index is 2480. The fourth-order valence-corrected chi connectivity index (χ4v) is 8.14. The molecule has 1 unspecified atom stereocenters. The summed E-state index contributed by atoms with van der Waals surface area (Å²) in [7, 11) is 1.62. The highest BCUT2D eigenvalue weighted by molar-refractivity contribution is 6.33. The van der Waals surface area contributed by atoms with Gasteiger partial charge in [0.1, 0.15) is 35.6 Å². The first kappa shape index (κ1) is 46.6. The lowest BCUT2D eigenvalue weighted by Gasteiger charge is -2.35. The summed E-state index contributed by atoms with van der Waals surface area (Å²) in [5.74, 6) is -3.92. The minimum Gasteiger partial charge on any atom is -0.491 e. The zero-order valence-corrected chi connectivity index (χ0v) is 36.2. The van der Waals surface area contributed by atoms with Gasteiger partial charge >= 0.3 is 0 Å². The second kappa shape index (κ2) is 20.7. The quantitative estimate of drug-likeness (QED) is 0.0952. The SMILES string of the molecule is C=CC(=O)N1CCN(c2nc(NCCC(=O)N(C)CCOCCOCCOc3ccc4c(c3)C(=O)N(C3CCC(=O)NC3=O)C4=O)nc3c(F)c(C4=C(F)C=CC[C@@H]4O)c(Cl)cc23)CC1. The van der Waals surface area contributed by atoms with Crippen molar-refractivity contribution in [2.45, 2.75) is 37.8 Å². The van der Waals surface area contributed by atoms with Crippen LogP contribution < -0.4 is 20.3 Å². The van der Waals surface area contributed by atoms with Crippen LogP contribution in [0.15, 0.2) is 54.9 Å². The number of aliphatic hydroxyl groups is 1. The standard InChI is InChI=1S/C44H47ClF2N8O10/c1-3-34(58)53-13-15-54(16-14-53)40-28-24-29(45)36(37-30(46)5-4-6-32(37)56)38(47)39(28)50-44(51-40)48-12-11-35(59)52(2)17-18-63-19-20-64-21-22-65-25-7-8-26-27(23-25)43(62)55(42(26)61)31-9-10-33(57)49-41(31)60/h3-5,7-8,23-24,31-32,56H,1,6,9-22H2,2H3,(H,48,50,51)(H,49,57,60)/t31?,32-/m0/s1. The maximum atomic E-state index is 16.5. The molecule has 7 rings (SSSR count). The first-order valence-corrected chi connectivity index (χ1v) is 21.4. The molecule has 3 N–H and O–H groups in total. The number of nitrogens with zero attached hydrogens (tertiary/aromatic N) is 6. The van der Waals surface area contributed by atoms with Crippen molar-refractivity contribution in [1.29, 1.82) is 0 Å². The van der Waals surface area contributed by atoms with Gasteiger partial charge in [0.05, 0.1) is 48.7 Å². The van der Waals surface area contributed by atoms with Crippen molar-refractivity contribution in [3.8, 4) is 5.75 Å². The number of anilines is 2. The van der Waals surface area contributed by atoms with Crippen molar-refractivity contribution in [2.75, 3.05) is 89.6 Å². The van der Waals surface area contributed by atoms with Crippen LogP contribution in [-0.4, -0.2) is 157 Å². The molecule has 0 radical (unpaired) electrons. The van der Waals surface area contributed by atoms with Crippen LogP contribution in [0.4, 0.5) is 20.5 Å². The van der Waals surface area contributed by atoms with Crippen LogP contribution >= 0.6 is 11.6 Å². The van der Waals surface area contributed by atoms with Gasteiger partial charge in [-0.2, -0.15) is 4.98 Å². The first-order chi connectivity index (χ1) is 31.3. The Morgan fingerprint density at radius 2 is 1.74 bits per heavy atom. The number of carbonyl (C=O) groups excluding carboxylic acids is 6. The Morgan fingerprint density at radius 3 is 2.46 bits per heavy atom. The number of nitrogens with one attached hydrogen (secondary N) is 2. The third-order valence-electron chi connectivity index (χ3n) is 11.3. The highest BCUT2D eigenvalue weighted by atomic mass is 35.5. The minimum absolute atomic E-state index is 0.00392. The maximum Gasteiger partial charge on any atom is 0.262 e. The number of imide groups is 2. The molecule has 1 aromatic heterocycles. The molecule has 21 heteroatoms. The van der Waals surface area contributed by atoms with Gasteiger partial charge in [-0.15, -0.1) is 0 Å². The van der Waals surface area contributed by atoms with E-state index in [1.807, 2.05) is 4.90 Å². The smallest absolute Gasteiger partial charge is 0.262 e. The van der Waals surface area contributed by atoms with Gasteiger partial charge in [-0.05, 0) is 49.3 Å². The van der Waals surface area contributed by atoms with E-state index in [9.17, 15) is 38.3 Å². The number of carbonyl (C=O) groups is 6. The number of rotatable bonds is 18. The predicted octanol–water partition coefficient (Wildman–Crippen LogP) is 3.03. The number of likely N-dealkylation sites (N-methyl/N-ethyl adjacent to an activating group) is 1. The molecule has 1 aliphatic carbocycles.